The fraction of sp³-hybridized carbons (Fsp3) is 0.364. The summed E-state index contributed by atoms with van der Waals surface area (Å²) in [5.74, 6) is -0.593. The molecular weight excluding hydrogens is 206 g/mol. The number of rotatable bonds is 3. The maximum absolute atomic E-state index is 10.8. The van der Waals surface area contributed by atoms with Crippen LogP contribution in [0.5, 0.6) is 0 Å². The summed E-state index contributed by atoms with van der Waals surface area (Å²) in [6, 6.07) is 1.81. The van der Waals surface area contributed by atoms with Crippen molar-refractivity contribution < 1.29 is 9.90 Å². The van der Waals surface area contributed by atoms with Gasteiger partial charge in [-0.15, -0.1) is 0 Å². The van der Waals surface area contributed by atoms with Gasteiger partial charge >= 0.3 is 5.97 Å². The molecule has 0 saturated heterocycles. The van der Waals surface area contributed by atoms with Gasteiger partial charge in [0.05, 0.1) is 11.6 Å². The molecule has 0 aliphatic carbocycles. The molecule has 0 spiro atoms. The van der Waals surface area contributed by atoms with Gasteiger partial charge < -0.3 is 5.11 Å². The first kappa shape index (κ1) is 10.6. The lowest BCUT2D eigenvalue weighted by Gasteiger charge is -2.06. The van der Waals surface area contributed by atoms with E-state index < -0.39 is 11.9 Å². The second-order valence-electron chi connectivity index (χ2n) is 3.88. The molecule has 2 heterocycles. The molecule has 84 valence electrons. The third-order valence-corrected chi connectivity index (χ3v) is 2.62. The molecule has 16 heavy (non-hydrogen) atoms. The van der Waals surface area contributed by atoms with E-state index in [4.69, 9.17) is 5.11 Å². The first-order valence-electron chi connectivity index (χ1n) is 5.11. The molecular formula is C11H13N3O2. The first-order valence-corrected chi connectivity index (χ1v) is 5.11. The summed E-state index contributed by atoms with van der Waals surface area (Å²) in [6.45, 7) is 3.57. The standard InChI is InChI=1S/C11H13N3O2/c1-7(10(15)16)6-9-8(2)13-11-12-4-3-5-14(9)11/h3-5,7H,6H2,1-2H3,(H,15,16). The largest absolute Gasteiger partial charge is 0.481 e. The smallest absolute Gasteiger partial charge is 0.306 e. The van der Waals surface area contributed by atoms with Gasteiger partial charge in [-0.2, -0.15) is 0 Å². The second kappa shape index (κ2) is 3.92. The van der Waals surface area contributed by atoms with Gasteiger partial charge in [-0.3, -0.25) is 9.20 Å². The van der Waals surface area contributed by atoms with Crippen LogP contribution in [0.15, 0.2) is 18.5 Å². The number of carbonyl (C=O) groups is 1. The number of hydrogen-bond acceptors (Lipinski definition) is 3. The Labute approximate surface area is 92.8 Å². The van der Waals surface area contributed by atoms with Crippen LogP contribution >= 0.6 is 0 Å². The quantitative estimate of drug-likeness (QED) is 0.844. The van der Waals surface area contributed by atoms with E-state index in [2.05, 4.69) is 9.97 Å². The normalized spacial score (nSPS) is 12.9. The molecule has 2 aromatic rings. The van der Waals surface area contributed by atoms with E-state index in [1.807, 2.05) is 23.6 Å². The highest BCUT2D eigenvalue weighted by Crippen LogP contribution is 2.14. The summed E-state index contributed by atoms with van der Waals surface area (Å²) in [5, 5.41) is 8.90. The average molecular weight is 219 g/mol. The number of aryl methyl sites for hydroxylation is 1. The summed E-state index contributed by atoms with van der Waals surface area (Å²) < 4.78 is 1.84. The molecule has 1 N–H and O–H groups in total. The van der Waals surface area contributed by atoms with Crippen LogP contribution in [0.3, 0.4) is 0 Å². The van der Waals surface area contributed by atoms with E-state index >= 15 is 0 Å². The average Bonchev–Trinajstić information content (AvgIpc) is 2.55. The van der Waals surface area contributed by atoms with Gasteiger partial charge in [0.1, 0.15) is 0 Å². The second-order valence-corrected chi connectivity index (χ2v) is 3.88. The molecule has 1 atom stereocenters. The van der Waals surface area contributed by atoms with Crippen molar-refractivity contribution in [3.8, 4) is 0 Å². The maximum atomic E-state index is 10.8. The van der Waals surface area contributed by atoms with Crippen molar-refractivity contribution in [2.75, 3.05) is 0 Å². The molecule has 0 aliphatic heterocycles. The molecule has 0 amide bonds. The van der Waals surface area contributed by atoms with Crippen LogP contribution in [0, 0.1) is 12.8 Å². The third-order valence-electron chi connectivity index (χ3n) is 2.62. The molecule has 0 fully saturated rings. The van der Waals surface area contributed by atoms with Crippen molar-refractivity contribution in [1.82, 2.24) is 14.4 Å². The van der Waals surface area contributed by atoms with E-state index in [1.165, 1.54) is 0 Å². The molecule has 0 radical (unpaired) electrons. The Bertz CT molecular complexity index is 533. The van der Waals surface area contributed by atoms with Crippen LogP contribution in [0.1, 0.15) is 18.3 Å². The molecule has 0 aromatic carbocycles. The lowest BCUT2D eigenvalue weighted by Crippen LogP contribution is -2.14. The third kappa shape index (κ3) is 1.76. The van der Waals surface area contributed by atoms with Crippen LogP contribution in [-0.4, -0.2) is 25.4 Å². The zero-order valence-electron chi connectivity index (χ0n) is 9.21. The SMILES string of the molecule is Cc1nc2ncccn2c1CC(C)C(=O)O. The van der Waals surface area contributed by atoms with E-state index in [1.54, 1.807) is 13.1 Å². The summed E-state index contributed by atoms with van der Waals surface area (Å²) in [5.41, 5.74) is 1.75. The van der Waals surface area contributed by atoms with Crippen molar-refractivity contribution in [2.24, 2.45) is 5.92 Å². The summed E-state index contributed by atoms with van der Waals surface area (Å²) in [7, 11) is 0. The maximum Gasteiger partial charge on any atom is 0.306 e. The Kier molecular flexibility index (Phi) is 2.60. The topological polar surface area (TPSA) is 67.5 Å². The van der Waals surface area contributed by atoms with Crippen molar-refractivity contribution >= 4 is 11.7 Å². The summed E-state index contributed by atoms with van der Waals surface area (Å²) in [6.07, 6.45) is 3.99. The van der Waals surface area contributed by atoms with E-state index in [0.717, 1.165) is 11.4 Å². The van der Waals surface area contributed by atoms with Gasteiger partial charge in [-0.25, -0.2) is 9.97 Å². The van der Waals surface area contributed by atoms with Gasteiger partial charge in [0.25, 0.3) is 0 Å². The van der Waals surface area contributed by atoms with Gasteiger partial charge in [-0.1, -0.05) is 6.92 Å². The summed E-state index contributed by atoms with van der Waals surface area (Å²) >= 11 is 0. The molecule has 0 bridgehead atoms. The van der Waals surface area contributed by atoms with Crippen LogP contribution < -0.4 is 0 Å². The van der Waals surface area contributed by atoms with Crippen molar-refractivity contribution in [2.45, 2.75) is 20.3 Å². The van der Waals surface area contributed by atoms with Crippen LogP contribution in [0.4, 0.5) is 0 Å². The number of aliphatic carboxylic acids is 1. The molecule has 0 aliphatic rings. The van der Waals surface area contributed by atoms with Crippen molar-refractivity contribution in [3.63, 3.8) is 0 Å². The number of nitrogens with zero attached hydrogens (tertiary/aromatic N) is 3. The highest BCUT2D eigenvalue weighted by atomic mass is 16.4. The van der Waals surface area contributed by atoms with Gasteiger partial charge in [-0.05, 0) is 13.0 Å². The monoisotopic (exact) mass is 219 g/mol. The number of imidazole rings is 1. The first-order chi connectivity index (χ1) is 7.59. The number of fused-ring (bicyclic) bond motifs is 1. The molecule has 2 aromatic heterocycles. The number of carboxylic acid groups (broad SMARTS) is 1. The Hall–Kier alpha value is -1.91. The highest BCUT2D eigenvalue weighted by Gasteiger charge is 2.17. The van der Waals surface area contributed by atoms with Gasteiger partial charge in [0, 0.05) is 24.5 Å². The van der Waals surface area contributed by atoms with E-state index in [-0.39, 0.29) is 0 Å². The number of aromatic nitrogens is 3. The van der Waals surface area contributed by atoms with E-state index in [0.29, 0.717) is 12.2 Å². The number of hydrogen-bond donors (Lipinski definition) is 1. The predicted octanol–water partition coefficient (Wildman–Crippen LogP) is 1.30. The lowest BCUT2D eigenvalue weighted by atomic mass is 10.1. The fourth-order valence-electron chi connectivity index (χ4n) is 1.67. The number of carboxylic acids is 1. The zero-order chi connectivity index (χ0) is 11.7. The molecule has 0 saturated carbocycles. The van der Waals surface area contributed by atoms with Crippen LogP contribution in [0.2, 0.25) is 0 Å². The zero-order valence-corrected chi connectivity index (χ0v) is 9.21. The molecule has 5 nitrogen and oxygen atoms in total. The molecule has 5 heteroatoms. The lowest BCUT2D eigenvalue weighted by molar-refractivity contribution is -0.141. The van der Waals surface area contributed by atoms with Gasteiger partial charge in [0.2, 0.25) is 5.78 Å². The van der Waals surface area contributed by atoms with Gasteiger partial charge in [0.15, 0.2) is 0 Å². The Balaban J connectivity index is 2.43. The minimum atomic E-state index is -0.793. The minimum Gasteiger partial charge on any atom is -0.481 e. The van der Waals surface area contributed by atoms with Crippen LogP contribution in [0.25, 0.3) is 5.78 Å². The molecule has 1 unspecified atom stereocenters. The minimum absolute atomic E-state index is 0.418. The molecule has 2 rings (SSSR count). The van der Waals surface area contributed by atoms with Crippen LogP contribution in [-0.2, 0) is 11.2 Å². The van der Waals surface area contributed by atoms with Crippen molar-refractivity contribution in [3.05, 3.63) is 29.8 Å². The Morgan fingerprint density at radius 1 is 1.62 bits per heavy atom. The Morgan fingerprint density at radius 2 is 2.38 bits per heavy atom. The summed E-state index contributed by atoms with van der Waals surface area (Å²) in [4.78, 5) is 19.2. The Morgan fingerprint density at radius 3 is 3.06 bits per heavy atom. The fourth-order valence-corrected chi connectivity index (χ4v) is 1.67. The highest BCUT2D eigenvalue weighted by molar-refractivity contribution is 5.69. The van der Waals surface area contributed by atoms with Crippen molar-refractivity contribution in [1.29, 1.82) is 0 Å². The van der Waals surface area contributed by atoms with E-state index in [9.17, 15) is 4.79 Å². The predicted molar refractivity (Wildman–Crippen MR) is 58.2 cm³/mol.